The zero-order valence-corrected chi connectivity index (χ0v) is 15.4. The van der Waals surface area contributed by atoms with Crippen LogP contribution in [0.25, 0.3) is 0 Å². The van der Waals surface area contributed by atoms with E-state index in [2.05, 4.69) is 88.3 Å². The molecule has 1 N–H and O–H groups in total. The molecule has 0 amide bonds. The van der Waals surface area contributed by atoms with Crippen molar-refractivity contribution in [3.8, 4) is 0 Å². The molecular weight excluding hydrogens is 378 g/mol. The fourth-order valence-corrected chi connectivity index (χ4v) is 3.64. The summed E-state index contributed by atoms with van der Waals surface area (Å²) in [6, 6.07) is 11.2. The summed E-state index contributed by atoms with van der Waals surface area (Å²) < 4.78 is 2.31. The van der Waals surface area contributed by atoms with E-state index >= 15 is 0 Å². The van der Waals surface area contributed by atoms with E-state index in [0.717, 1.165) is 8.95 Å². The molecule has 0 heterocycles. The van der Waals surface area contributed by atoms with Crippen LogP contribution < -0.4 is 5.32 Å². The summed E-state index contributed by atoms with van der Waals surface area (Å²) in [5, 5.41) is 3.44. The normalized spacial score (nSPS) is 12.5. The van der Waals surface area contributed by atoms with Gasteiger partial charge in [0.2, 0.25) is 0 Å². The molecule has 106 valence electrons. The van der Waals surface area contributed by atoms with Gasteiger partial charge in [-0.15, -0.1) is 0 Å². The fourth-order valence-electron chi connectivity index (χ4n) is 2.46. The van der Waals surface area contributed by atoms with Gasteiger partial charge in [0.1, 0.15) is 0 Å². The predicted molar refractivity (Wildman–Crippen MR) is 93.4 cm³/mol. The average Bonchev–Trinajstić information content (AvgIpc) is 2.38. The minimum absolute atomic E-state index is 0.191. The highest BCUT2D eigenvalue weighted by atomic mass is 79.9. The van der Waals surface area contributed by atoms with E-state index in [1.54, 1.807) is 0 Å². The van der Waals surface area contributed by atoms with Crippen molar-refractivity contribution in [3.05, 3.63) is 67.1 Å². The van der Waals surface area contributed by atoms with Gasteiger partial charge < -0.3 is 5.32 Å². The standard InChI is InChI=1S/C17H19Br2N/c1-10-5-6-13(16(19)7-10)17(20-4)14-8-12(3)15(18)9-11(14)2/h5-9,17,20H,1-4H3. The van der Waals surface area contributed by atoms with Gasteiger partial charge in [-0.1, -0.05) is 50.1 Å². The van der Waals surface area contributed by atoms with Crippen molar-refractivity contribution in [2.24, 2.45) is 0 Å². The molecule has 0 radical (unpaired) electrons. The molecule has 0 aliphatic rings. The SMILES string of the molecule is CNC(c1cc(C)c(Br)cc1C)c1ccc(C)cc1Br. The zero-order valence-electron chi connectivity index (χ0n) is 12.2. The molecule has 20 heavy (non-hydrogen) atoms. The molecule has 0 spiro atoms. The Morgan fingerprint density at radius 3 is 2.15 bits per heavy atom. The number of halogens is 2. The van der Waals surface area contributed by atoms with Crippen LogP contribution in [0.1, 0.15) is 33.9 Å². The summed E-state index contributed by atoms with van der Waals surface area (Å²) in [6.07, 6.45) is 0. The molecule has 2 aromatic carbocycles. The molecule has 2 aromatic rings. The van der Waals surface area contributed by atoms with Crippen LogP contribution in [0.3, 0.4) is 0 Å². The Hall–Kier alpha value is -0.640. The van der Waals surface area contributed by atoms with Gasteiger partial charge in [-0.2, -0.15) is 0 Å². The Balaban J connectivity index is 2.55. The van der Waals surface area contributed by atoms with Crippen molar-refractivity contribution in [1.29, 1.82) is 0 Å². The molecule has 1 unspecified atom stereocenters. The van der Waals surface area contributed by atoms with Crippen LogP contribution >= 0.6 is 31.9 Å². The van der Waals surface area contributed by atoms with E-state index in [1.165, 1.54) is 27.8 Å². The molecule has 1 nitrogen and oxygen atoms in total. The first-order chi connectivity index (χ1) is 9.43. The van der Waals surface area contributed by atoms with E-state index in [4.69, 9.17) is 0 Å². The van der Waals surface area contributed by atoms with E-state index in [-0.39, 0.29) is 6.04 Å². The quantitative estimate of drug-likeness (QED) is 0.727. The minimum atomic E-state index is 0.191. The van der Waals surface area contributed by atoms with Crippen molar-refractivity contribution in [1.82, 2.24) is 5.32 Å². The van der Waals surface area contributed by atoms with Gasteiger partial charge in [-0.3, -0.25) is 0 Å². The molecular formula is C17H19Br2N. The van der Waals surface area contributed by atoms with Crippen LogP contribution in [0.15, 0.2) is 39.3 Å². The minimum Gasteiger partial charge on any atom is -0.309 e. The Morgan fingerprint density at radius 1 is 0.850 bits per heavy atom. The lowest BCUT2D eigenvalue weighted by molar-refractivity contribution is 0.683. The largest absolute Gasteiger partial charge is 0.309 e. The van der Waals surface area contributed by atoms with E-state index in [1.807, 2.05) is 7.05 Å². The number of hydrogen-bond donors (Lipinski definition) is 1. The maximum atomic E-state index is 3.69. The number of aryl methyl sites for hydroxylation is 3. The van der Waals surface area contributed by atoms with Crippen molar-refractivity contribution in [2.45, 2.75) is 26.8 Å². The lowest BCUT2D eigenvalue weighted by atomic mass is 9.93. The van der Waals surface area contributed by atoms with Gasteiger partial charge in [0.15, 0.2) is 0 Å². The maximum Gasteiger partial charge on any atom is 0.0588 e. The smallest absolute Gasteiger partial charge is 0.0588 e. The van der Waals surface area contributed by atoms with E-state index in [9.17, 15) is 0 Å². The Kier molecular flexibility index (Phi) is 5.05. The Bertz CT molecular complexity index is 635. The fraction of sp³-hybridized carbons (Fsp3) is 0.294. The van der Waals surface area contributed by atoms with Gasteiger partial charge in [0.05, 0.1) is 6.04 Å². The molecule has 3 heteroatoms. The second-order valence-electron chi connectivity index (χ2n) is 5.20. The average molecular weight is 397 g/mol. The van der Waals surface area contributed by atoms with Gasteiger partial charge in [0, 0.05) is 8.95 Å². The van der Waals surface area contributed by atoms with E-state index < -0.39 is 0 Å². The lowest BCUT2D eigenvalue weighted by Crippen LogP contribution is -2.19. The Labute approximate surface area is 138 Å². The molecule has 0 aromatic heterocycles. The highest BCUT2D eigenvalue weighted by Crippen LogP contribution is 2.33. The van der Waals surface area contributed by atoms with Crippen LogP contribution in [-0.4, -0.2) is 7.05 Å². The summed E-state index contributed by atoms with van der Waals surface area (Å²) in [4.78, 5) is 0. The summed E-state index contributed by atoms with van der Waals surface area (Å²) in [6.45, 7) is 6.40. The van der Waals surface area contributed by atoms with Crippen LogP contribution in [0, 0.1) is 20.8 Å². The van der Waals surface area contributed by atoms with Gasteiger partial charge >= 0.3 is 0 Å². The summed E-state index contributed by atoms with van der Waals surface area (Å²) in [7, 11) is 2.01. The van der Waals surface area contributed by atoms with Crippen LogP contribution in [0.4, 0.5) is 0 Å². The van der Waals surface area contributed by atoms with Crippen LogP contribution in [0.5, 0.6) is 0 Å². The number of benzene rings is 2. The summed E-state index contributed by atoms with van der Waals surface area (Å²) in [5.74, 6) is 0. The third-order valence-corrected chi connectivity index (χ3v) is 5.16. The first-order valence-corrected chi connectivity index (χ1v) is 8.22. The summed E-state index contributed by atoms with van der Waals surface area (Å²) >= 11 is 7.30. The Morgan fingerprint density at radius 2 is 1.55 bits per heavy atom. The van der Waals surface area contributed by atoms with Crippen LogP contribution in [0.2, 0.25) is 0 Å². The second kappa shape index (κ2) is 6.42. The predicted octanol–water partition coefficient (Wildman–Crippen LogP) is 5.45. The van der Waals surface area contributed by atoms with Crippen molar-refractivity contribution < 1.29 is 0 Å². The molecule has 0 saturated carbocycles. The lowest BCUT2D eigenvalue weighted by Gasteiger charge is -2.22. The summed E-state index contributed by atoms with van der Waals surface area (Å²) in [5.41, 5.74) is 6.39. The first-order valence-electron chi connectivity index (χ1n) is 6.64. The highest BCUT2D eigenvalue weighted by molar-refractivity contribution is 9.10. The van der Waals surface area contributed by atoms with Crippen LogP contribution in [-0.2, 0) is 0 Å². The third kappa shape index (κ3) is 3.16. The molecule has 1 atom stereocenters. The van der Waals surface area contributed by atoms with Crippen molar-refractivity contribution in [3.63, 3.8) is 0 Å². The van der Waals surface area contributed by atoms with Gasteiger partial charge in [-0.25, -0.2) is 0 Å². The molecule has 2 rings (SSSR count). The molecule has 0 bridgehead atoms. The number of rotatable bonds is 3. The monoisotopic (exact) mass is 395 g/mol. The van der Waals surface area contributed by atoms with Crippen molar-refractivity contribution in [2.75, 3.05) is 7.05 Å². The number of nitrogens with one attached hydrogen (secondary N) is 1. The molecule has 0 fully saturated rings. The first kappa shape index (κ1) is 15.7. The molecule has 0 aliphatic heterocycles. The number of hydrogen-bond acceptors (Lipinski definition) is 1. The zero-order chi connectivity index (χ0) is 14.9. The van der Waals surface area contributed by atoms with Gasteiger partial charge in [0.25, 0.3) is 0 Å². The third-order valence-electron chi connectivity index (χ3n) is 3.61. The topological polar surface area (TPSA) is 12.0 Å². The molecule has 0 saturated heterocycles. The van der Waals surface area contributed by atoms with E-state index in [0.29, 0.717) is 0 Å². The van der Waals surface area contributed by atoms with Crippen molar-refractivity contribution >= 4 is 31.9 Å². The maximum absolute atomic E-state index is 3.69. The highest BCUT2D eigenvalue weighted by Gasteiger charge is 2.17. The second-order valence-corrected chi connectivity index (χ2v) is 6.91. The molecule has 0 aliphatic carbocycles. The van der Waals surface area contributed by atoms with Gasteiger partial charge in [-0.05, 0) is 67.8 Å².